The van der Waals surface area contributed by atoms with E-state index in [0.29, 0.717) is 18.8 Å². The fourth-order valence-corrected chi connectivity index (χ4v) is 3.61. The molecule has 2 aromatic rings. The number of carbonyl (C=O) groups excluding carboxylic acids is 1. The number of carbonyl (C=O) groups is 1. The van der Waals surface area contributed by atoms with Gasteiger partial charge >= 0.3 is 0 Å². The SMILES string of the molecule is CO/N=C/c1ccc(C(=O)N2CCCC2c2ccc3c(c2)OCCO3)cc1. The first-order valence-electron chi connectivity index (χ1n) is 9.13. The predicted octanol–water partition coefficient (Wildman–Crippen LogP) is 3.42. The van der Waals surface area contributed by atoms with Gasteiger partial charge in [0.25, 0.3) is 5.91 Å². The molecule has 1 unspecified atom stereocenters. The van der Waals surface area contributed by atoms with Crippen molar-refractivity contribution in [3.8, 4) is 11.5 Å². The van der Waals surface area contributed by atoms with Crippen LogP contribution in [0.5, 0.6) is 11.5 Å². The first-order chi connectivity index (χ1) is 13.3. The van der Waals surface area contributed by atoms with Gasteiger partial charge in [0.15, 0.2) is 11.5 Å². The van der Waals surface area contributed by atoms with Crippen molar-refractivity contribution >= 4 is 12.1 Å². The molecular weight excluding hydrogens is 344 g/mol. The molecule has 140 valence electrons. The number of likely N-dealkylation sites (tertiary alicyclic amines) is 1. The van der Waals surface area contributed by atoms with Gasteiger partial charge in [-0.2, -0.15) is 0 Å². The molecule has 2 aliphatic heterocycles. The molecule has 0 N–H and O–H groups in total. The van der Waals surface area contributed by atoms with E-state index in [0.717, 1.165) is 42.0 Å². The van der Waals surface area contributed by atoms with Gasteiger partial charge in [0.1, 0.15) is 20.3 Å². The summed E-state index contributed by atoms with van der Waals surface area (Å²) in [6.45, 7) is 1.89. The Morgan fingerprint density at radius 1 is 1.15 bits per heavy atom. The van der Waals surface area contributed by atoms with E-state index >= 15 is 0 Å². The molecular formula is C21H22N2O4. The molecule has 0 saturated carbocycles. The van der Waals surface area contributed by atoms with Gasteiger partial charge in [-0.1, -0.05) is 23.4 Å². The number of nitrogens with zero attached hydrogens (tertiary/aromatic N) is 2. The van der Waals surface area contributed by atoms with Gasteiger partial charge in [-0.15, -0.1) is 0 Å². The summed E-state index contributed by atoms with van der Waals surface area (Å²) in [5.41, 5.74) is 2.65. The zero-order chi connectivity index (χ0) is 18.6. The largest absolute Gasteiger partial charge is 0.486 e. The third-order valence-electron chi connectivity index (χ3n) is 4.93. The molecule has 6 heteroatoms. The summed E-state index contributed by atoms with van der Waals surface area (Å²) >= 11 is 0. The van der Waals surface area contributed by atoms with Crippen LogP contribution in [0.3, 0.4) is 0 Å². The molecule has 0 aromatic heterocycles. The molecule has 2 heterocycles. The third-order valence-corrected chi connectivity index (χ3v) is 4.93. The van der Waals surface area contributed by atoms with Gasteiger partial charge in [0.2, 0.25) is 0 Å². The molecule has 0 aliphatic carbocycles. The summed E-state index contributed by atoms with van der Waals surface area (Å²) < 4.78 is 11.3. The molecule has 6 nitrogen and oxygen atoms in total. The Hall–Kier alpha value is -3.02. The van der Waals surface area contributed by atoms with Crippen molar-refractivity contribution in [3.05, 3.63) is 59.2 Å². The summed E-state index contributed by atoms with van der Waals surface area (Å²) in [6.07, 6.45) is 3.55. The molecule has 2 aliphatic rings. The maximum Gasteiger partial charge on any atom is 0.254 e. The average Bonchev–Trinajstić information content (AvgIpc) is 3.21. The highest BCUT2D eigenvalue weighted by atomic mass is 16.6. The molecule has 27 heavy (non-hydrogen) atoms. The minimum atomic E-state index is 0.0441. The summed E-state index contributed by atoms with van der Waals surface area (Å²) in [5.74, 6) is 1.58. The maximum atomic E-state index is 13.1. The lowest BCUT2D eigenvalue weighted by Crippen LogP contribution is -2.30. The van der Waals surface area contributed by atoms with Crippen molar-refractivity contribution in [3.63, 3.8) is 0 Å². The van der Waals surface area contributed by atoms with Crippen LogP contribution >= 0.6 is 0 Å². The molecule has 4 rings (SSSR count). The second-order valence-corrected chi connectivity index (χ2v) is 6.60. The van der Waals surface area contributed by atoms with Crippen LogP contribution in [0.1, 0.15) is 40.4 Å². The number of hydrogen-bond acceptors (Lipinski definition) is 5. The van der Waals surface area contributed by atoms with Crippen molar-refractivity contribution in [2.45, 2.75) is 18.9 Å². The van der Waals surface area contributed by atoms with E-state index in [-0.39, 0.29) is 11.9 Å². The van der Waals surface area contributed by atoms with E-state index in [4.69, 9.17) is 9.47 Å². The fourth-order valence-electron chi connectivity index (χ4n) is 3.61. The minimum Gasteiger partial charge on any atom is -0.486 e. The number of rotatable bonds is 4. The number of amides is 1. The van der Waals surface area contributed by atoms with E-state index in [1.54, 1.807) is 6.21 Å². The molecule has 1 atom stereocenters. The predicted molar refractivity (Wildman–Crippen MR) is 101 cm³/mol. The van der Waals surface area contributed by atoms with Crippen LogP contribution in [-0.2, 0) is 4.84 Å². The topological polar surface area (TPSA) is 60.4 Å². The van der Waals surface area contributed by atoms with Gasteiger partial charge in [-0.25, -0.2) is 0 Å². The molecule has 2 aromatic carbocycles. The van der Waals surface area contributed by atoms with Gasteiger partial charge in [-0.3, -0.25) is 4.79 Å². The van der Waals surface area contributed by atoms with Crippen molar-refractivity contribution < 1.29 is 19.1 Å². The molecule has 0 bridgehead atoms. The average molecular weight is 366 g/mol. The van der Waals surface area contributed by atoms with Gasteiger partial charge < -0.3 is 19.2 Å². The lowest BCUT2D eigenvalue weighted by atomic mass is 10.0. The van der Waals surface area contributed by atoms with Crippen molar-refractivity contribution in [1.82, 2.24) is 4.90 Å². The van der Waals surface area contributed by atoms with Crippen LogP contribution in [0.15, 0.2) is 47.6 Å². The second kappa shape index (κ2) is 7.70. The van der Waals surface area contributed by atoms with E-state index in [9.17, 15) is 4.79 Å². The van der Waals surface area contributed by atoms with E-state index in [1.165, 1.54) is 7.11 Å². The monoisotopic (exact) mass is 366 g/mol. The molecule has 1 amide bonds. The smallest absolute Gasteiger partial charge is 0.254 e. The summed E-state index contributed by atoms with van der Waals surface area (Å²) in [5, 5.41) is 3.74. The Labute approximate surface area is 158 Å². The maximum absolute atomic E-state index is 13.1. The normalized spacial score (nSPS) is 18.7. The minimum absolute atomic E-state index is 0.0441. The number of benzene rings is 2. The van der Waals surface area contributed by atoms with Crippen LogP contribution < -0.4 is 9.47 Å². The van der Waals surface area contributed by atoms with E-state index in [2.05, 4.69) is 9.99 Å². The Kier molecular flexibility index (Phi) is 4.96. The highest BCUT2D eigenvalue weighted by molar-refractivity contribution is 5.95. The molecule has 1 fully saturated rings. The number of ether oxygens (including phenoxy) is 2. The number of oxime groups is 1. The Bertz CT molecular complexity index is 848. The molecule has 0 spiro atoms. The van der Waals surface area contributed by atoms with E-state index in [1.807, 2.05) is 47.4 Å². The molecule has 1 saturated heterocycles. The number of fused-ring (bicyclic) bond motifs is 1. The third kappa shape index (κ3) is 3.60. The quantitative estimate of drug-likeness (QED) is 0.615. The van der Waals surface area contributed by atoms with Crippen molar-refractivity contribution in [2.24, 2.45) is 5.16 Å². The standard InChI is InChI=1S/C21H22N2O4/c1-25-22-14-15-4-6-16(7-5-15)21(24)23-10-2-3-18(23)17-8-9-19-20(13-17)27-12-11-26-19/h4-9,13-14,18H,2-3,10-12H2,1H3/b22-14+. The zero-order valence-electron chi connectivity index (χ0n) is 15.3. The highest BCUT2D eigenvalue weighted by Gasteiger charge is 2.31. The first kappa shape index (κ1) is 17.4. The summed E-state index contributed by atoms with van der Waals surface area (Å²) in [4.78, 5) is 19.7. The van der Waals surface area contributed by atoms with Gasteiger partial charge in [0, 0.05) is 12.1 Å². The lowest BCUT2D eigenvalue weighted by Gasteiger charge is -2.27. The highest BCUT2D eigenvalue weighted by Crippen LogP contribution is 2.38. The molecule has 0 radical (unpaired) electrons. The summed E-state index contributed by atoms with van der Waals surface area (Å²) in [6, 6.07) is 13.4. The Morgan fingerprint density at radius 3 is 2.70 bits per heavy atom. The van der Waals surface area contributed by atoms with Crippen LogP contribution in [-0.4, -0.2) is 43.9 Å². The Balaban J connectivity index is 1.54. The van der Waals surface area contributed by atoms with Gasteiger partial charge in [-0.05, 0) is 48.2 Å². The van der Waals surface area contributed by atoms with Crippen LogP contribution in [0.25, 0.3) is 0 Å². The Morgan fingerprint density at radius 2 is 1.93 bits per heavy atom. The summed E-state index contributed by atoms with van der Waals surface area (Å²) in [7, 11) is 1.50. The van der Waals surface area contributed by atoms with Crippen molar-refractivity contribution in [1.29, 1.82) is 0 Å². The first-order valence-corrected chi connectivity index (χ1v) is 9.13. The number of hydrogen-bond donors (Lipinski definition) is 0. The van der Waals surface area contributed by atoms with Crippen LogP contribution in [0.2, 0.25) is 0 Å². The van der Waals surface area contributed by atoms with Crippen LogP contribution in [0.4, 0.5) is 0 Å². The zero-order valence-corrected chi connectivity index (χ0v) is 15.3. The lowest BCUT2D eigenvalue weighted by molar-refractivity contribution is 0.0735. The second-order valence-electron chi connectivity index (χ2n) is 6.60. The van der Waals surface area contributed by atoms with Crippen molar-refractivity contribution in [2.75, 3.05) is 26.9 Å². The van der Waals surface area contributed by atoms with E-state index < -0.39 is 0 Å². The van der Waals surface area contributed by atoms with Crippen LogP contribution in [0, 0.1) is 0 Å². The fraction of sp³-hybridized carbons (Fsp3) is 0.333. The van der Waals surface area contributed by atoms with Gasteiger partial charge in [0.05, 0.1) is 12.3 Å².